The Kier molecular flexibility index (Phi) is 4.25. The van der Waals surface area contributed by atoms with Crippen molar-refractivity contribution in [1.29, 1.82) is 0 Å². The molecule has 2 rings (SSSR count). The van der Waals surface area contributed by atoms with Gasteiger partial charge in [0.2, 0.25) is 5.91 Å². The first kappa shape index (κ1) is 15.1. The van der Waals surface area contributed by atoms with E-state index in [-0.39, 0.29) is 21.6 Å². The maximum atomic E-state index is 12.3. The fourth-order valence-electron chi connectivity index (χ4n) is 2.20. The van der Waals surface area contributed by atoms with Crippen LogP contribution in [-0.2, 0) is 14.6 Å². The molecular formula is C13H17ClN2O3S. The van der Waals surface area contributed by atoms with Crippen molar-refractivity contribution < 1.29 is 13.2 Å². The first-order chi connectivity index (χ1) is 9.36. The van der Waals surface area contributed by atoms with Gasteiger partial charge in [-0.05, 0) is 31.9 Å². The van der Waals surface area contributed by atoms with Gasteiger partial charge < -0.3 is 10.6 Å². The third-order valence-electron chi connectivity index (χ3n) is 3.27. The molecule has 0 aliphatic heterocycles. The van der Waals surface area contributed by atoms with Crippen LogP contribution in [0.25, 0.3) is 0 Å². The minimum absolute atomic E-state index is 0.0484. The van der Waals surface area contributed by atoms with E-state index in [2.05, 4.69) is 0 Å². The Morgan fingerprint density at radius 2 is 2.10 bits per heavy atom. The largest absolute Gasteiger partial charge is 0.398 e. The Balaban J connectivity index is 2.25. The molecule has 0 atom stereocenters. The molecule has 1 aliphatic rings. The third-order valence-corrected chi connectivity index (χ3v) is 5.40. The first-order valence-electron chi connectivity index (χ1n) is 6.43. The van der Waals surface area contributed by atoms with Gasteiger partial charge in [-0.25, -0.2) is 8.42 Å². The van der Waals surface area contributed by atoms with E-state index in [0.717, 1.165) is 12.8 Å². The number of halogens is 1. The second-order valence-corrected chi connectivity index (χ2v) is 7.16. The van der Waals surface area contributed by atoms with E-state index in [1.807, 2.05) is 6.92 Å². The zero-order chi connectivity index (χ0) is 14.9. The van der Waals surface area contributed by atoms with Crippen molar-refractivity contribution in [1.82, 2.24) is 4.90 Å². The van der Waals surface area contributed by atoms with Crippen molar-refractivity contribution in [2.24, 2.45) is 0 Å². The SMILES string of the molecule is CCN(C(=O)CS(=O)(=O)c1c(N)cccc1Cl)C1CC1. The van der Waals surface area contributed by atoms with Crippen molar-refractivity contribution in [3.05, 3.63) is 23.2 Å². The Morgan fingerprint density at radius 1 is 1.45 bits per heavy atom. The minimum Gasteiger partial charge on any atom is -0.398 e. The van der Waals surface area contributed by atoms with E-state index in [9.17, 15) is 13.2 Å². The average molecular weight is 317 g/mol. The van der Waals surface area contributed by atoms with E-state index < -0.39 is 21.5 Å². The predicted octanol–water partition coefficient (Wildman–Crippen LogP) is 1.71. The molecule has 2 N–H and O–H groups in total. The lowest BCUT2D eigenvalue weighted by Gasteiger charge is -2.20. The van der Waals surface area contributed by atoms with Crippen LogP contribution in [0.3, 0.4) is 0 Å². The molecule has 0 bridgehead atoms. The summed E-state index contributed by atoms with van der Waals surface area (Å²) in [6.45, 7) is 2.35. The van der Waals surface area contributed by atoms with Gasteiger partial charge in [0.25, 0.3) is 0 Å². The van der Waals surface area contributed by atoms with Crippen LogP contribution in [-0.4, -0.2) is 37.6 Å². The van der Waals surface area contributed by atoms with Crippen LogP contribution in [0.4, 0.5) is 5.69 Å². The molecule has 0 unspecified atom stereocenters. The number of nitrogen functional groups attached to an aromatic ring is 1. The summed E-state index contributed by atoms with van der Waals surface area (Å²) in [6.07, 6.45) is 1.88. The summed E-state index contributed by atoms with van der Waals surface area (Å²) >= 11 is 5.90. The number of nitrogens with zero attached hydrogens (tertiary/aromatic N) is 1. The molecule has 0 aromatic heterocycles. The zero-order valence-corrected chi connectivity index (χ0v) is 12.7. The molecule has 110 valence electrons. The lowest BCUT2D eigenvalue weighted by molar-refractivity contribution is -0.128. The molecule has 0 saturated heterocycles. The Bertz CT molecular complexity index is 606. The molecule has 7 heteroatoms. The number of carbonyl (C=O) groups is 1. The molecule has 1 amide bonds. The van der Waals surface area contributed by atoms with Crippen LogP contribution >= 0.6 is 11.6 Å². The smallest absolute Gasteiger partial charge is 0.238 e. The van der Waals surface area contributed by atoms with Gasteiger partial charge in [-0.15, -0.1) is 0 Å². The molecule has 0 spiro atoms. The summed E-state index contributed by atoms with van der Waals surface area (Å²) in [4.78, 5) is 13.6. The highest BCUT2D eigenvalue weighted by Gasteiger charge is 2.34. The molecular weight excluding hydrogens is 300 g/mol. The quantitative estimate of drug-likeness (QED) is 0.838. The number of benzene rings is 1. The van der Waals surface area contributed by atoms with E-state index in [1.165, 1.54) is 12.1 Å². The normalized spacial score (nSPS) is 15.1. The van der Waals surface area contributed by atoms with Gasteiger partial charge in [0, 0.05) is 12.6 Å². The van der Waals surface area contributed by atoms with Gasteiger partial charge in [-0.2, -0.15) is 0 Å². The summed E-state index contributed by atoms with van der Waals surface area (Å²) in [6, 6.07) is 4.67. The number of anilines is 1. The van der Waals surface area contributed by atoms with E-state index in [0.29, 0.717) is 6.54 Å². The number of hydrogen-bond acceptors (Lipinski definition) is 4. The number of rotatable bonds is 5. The van der Waals surface area contributed by atoms with Crippen molar-refractivity contribution in [3.8, 4) is 0 Å². The maximum Gasteiger partial charge on any atom is 0.238 e. The van der Waals surface area contributed by atoms with Crippen LogP contribution in [0, 0.1) is 0 Å². The molecule has 1 aliphatic carbocycles. The number of sulfone groups is 1. The summed E-state index contributed by atoms with van der Waals surface area (Å²) in [5, 5.41) is 0.0484. The Hall–Kier alpha value is -1.27. The molecule has 5 nitrogen and oxygen atoms in total. The molecule has 1 aromatic rings. The molecule has 20 heavy (non-hydrogen) atoms. The lowest BCUT2D eigenvalue weighted by atomic mass is 10.3. The van der Waals surface area contributed by atoms with E-state index >= 15 is 0 Å². The number of carbonyl (C=O) groups excluding carboxylic acids is 1. The second kappa shape index (κ2) is 5.61. The Morgan fingerprint density at radius 3 is 2.60 bits per heavy atom. The van der Waals surface area contributed by atoms with Crippen LogP contribution in [0.5, 0.6) is 0 Å². The standard InChI is InChI=1S/C13H17ClN2O3S/c1-2-16(9-6-7-9)12(17)8-20(18,19)13-10(14)4-3-5-11(13)15/h3-5,9H,2,6-8,15H2,1H3. The van der Waals surface area contributed by atoms with Crippen molar-refractivity contribution in [2.45, 2.75) is 30.7 Å². The van der Waals surface area contributed by atoms with Crippen LogP contribution < -0.4 is 5.73 Å². The molecule has 1 aromatic carbocycles. The van der Waals surface area contributed by atoms with Crippen LogP contribution in [0.2, 0.25) is 5.02 Å². The Labute approximate surface area is 123 Å². The van der Waals surface area contributed by atoms with Crippen molar-refractivity contribution in [2.75, 3.05) is 18.0 Å². The second-order valence-electron chi connectivity index (χ2n) is 4.83. The van der Waals surface area contributed by atoms with Crippen molar-refractivity contribution in [3.63, 3.8) is 0 Å². The van der Waals surface area contributed by atoms with Gasteiger partial charge in [0.1, 0.15) is 10.6 Å². The molecule has 1 fully saturated rings. The maximum absolute atomic E-state index is 12.3. The van der Waals surface area contributed by atoms with Gasteiger partial charge in [0.05, 0.1) is 10.7 Å². The van der Waals surface area contributed by atoms with E-state index in [4.69, 9.17) is 17.3 Å². The zero-order valence-electron chi connectivity index (χ0n) is 11.2. The van der Waals surface area contributed by atoms with Gasteiger partial charge in [-0.1, -0.05) is 17.7 Å². The van der Waals surface area contributed by atoms with Gasteiger partial charge >= 0.3 is 0 Å². The first-order valence-corrected chi connectivity index (χ1v) is 8.46. The van der Waals surface area contributed by atoms with Gasteiger partial charge in [0.15, 0.2) is 9.84 Å². The monoisotopic (exact) mass is 316 g/mol. The topological polar surface area (TPSA) is 80.5 Å². The fourth-order valence-corrected chi connectivity index (χ4v) is 4.16. The number of nitrogens with two attached hydrogens (primary N) is 1. The minimum atomic E-state index is -3.83. The van der Waals surface area contributed by atoms with Crippen molar-refractivity contribution >= 4 is 33.0 Å². The van der Waals surface area contributed by atoms with Crippen LogP contribution in [0.1, 0.15) is 19.8 Å². The summed E-state index contributed by atoms with van der Waals surface area (Å²) in [5.41, 5.74) is 5.74. The summed E-state index contributed by atoms with van der Waals surface area (Å²) in [5.74, 6) is -0.986. The number of hydrogen-bond donors (Lipinski definition) is 1. The van der Waals surface area contributed by atoms with Gasteiger partial charge in [-0.3, -0.25) is 4.79 Å². The highest BCUT2D eigenvalue weighted by atomic mass is 35.5. The fraction of sp³-hybridized carbons (Fsp3) is 0.462. The molecule has 1 saturated carbocycles. The highest BCUT2D eigenvalue weighted by molar-refractivity contribution is 7.92. The van der Waals surface area contributed by atoms with E-state index in [1.54, 1.807) is 11.0 Å². The highest BCUT2D eigenvalue weighted by Crippen LogP contribution is 2.30. The summed E-state index contributed by atoms with van der Waals surface area (Å²) < 4.78 is 24.7. The van der Waals surface area contributed by atoms with Crippen LogP contribution in [0.15, 0.2) is 23.1 Å². The number of amides is 1. The predicted molar refractivity (Wildman–Crippen MR) is 78.3 cm³/mol. The molecule has 0 heterocycles. The third kappa shape index (κ3) is 3.07. The lowest BCUT2D eigenvalue weighted by Crippen LogP contribution is -2.37. The average Bonchev–Trinajstić information content (AvgIpc) is 3.12. The molecule has 0 radical (unpaired) electrons. The summed E-state index contributed by atoms with van der Waals surface area (Å²) in [7, 11) is -3.83.